The third-order valence-corrected chi connectivity index (χ3v) is 5.88. The second-order valence-electron chi connectivity index (χ2n) is 6.14. The minimum Gasteiger partial charge on any atom is -0.356 e. The average molecular weight is 363 g/mol. The molecule has 0 saturated heterocycles. The Morgan fingerprint density at radius 3 is 2.62 bits per heavy atom. The molecular formula is C18H23ClN4S. The topological polar surface area (TPSA) is 49.3 Å². The molecule has 0 bridgehead atoms. The molecule has 1 aromatic heterocycles. The van der Waals surface area contributed by atoms with Crippen LogP contribution in [0.2, 0.25) is 5.02 Å². The molecule has 0 spiro atoms. The quantitative estimate of drug-likeness (QED) is 0.607. The van der Waals surface area contributed by atoms with E-state index in [9.17, 15) is 0 Å². The summed E-state index contributed by atoms with van der Waals surface area (Å²) in [6.45, 7) is 3.74. The number of benzene rings is 1. The Kier molecular flexibility index (Phi) is 5.41. The second-order valence-corrected chi connectivity index (χ2v) is 7.78. The molecule has 128 valence electrons. The van der Waals surface area contributed by atoms with Crippen molar-refractivity contribution in [3.8, 4) is 0 Å². The summed E-state index contributed by atoms with van der Waals surface area (Å²) in [4.78, 5) is 10.1. The van der Waals surface area contributed by atoms with Gasteiger partial charge >= 0.3 is 0 Å². The summed E-state index contributed by atoms with van der Waals surface area (Å²) in [6, 6.07) is 8.21. The smallest absolute Gasteiger partial charge is 0.191 e. The van der Waals surface area contributed by atoms with Gasteiger partial charge in [-0.15, -0.1) is 11.3 Å². The van der Waals surface area contributed by atoms with E-state index in [1.165, 1.54) is 23.3 Å². The molecule has 0 unspecified atom stereocenters. The molecule has 1 aliphatic rings. The molecule has 2 aromatic rings. The van der Waals surface area contributed by atoms with Gasteiger partial charge in [-0.1, -0.05) is 30.7 Å². The van der Waals surface area contributed by atoms with Crippen molar-refractivity contribution in [2.75, 3.05) is 13.6 Å². The maximum Gasteiger partial charge on any atom is 0.191 e. The highest BCUT2D eigenvalue weighted by Gasteiger charge is 2.44. The van der Waals surface area contributed by atoms with Crippen LogP contribution in [-0.2, 0) is 18.4 Å². The van der Waals surface area contributed by atoms with Crippen molar-refractivity contribution in [2.24, 2.45) is 4.99 Å². The van der Waals surface area contributed by atoms with Crippen molar-refractivity contribution in [2.45, 2.75) is 38.1 Å². The lowest BCUT2D eigenvalue weighted by atomic mass is 9.96. The molecule has 1 aromatic carbocycles. The lowest BCUT2D eigenvalue weighted by Crippen LogP contribution is -2.40. The molecule has 1 aliphatic carbocycles. The number of nitrogens with one attached hydrogen (secondary N) is 2. The first-order chi connectivity index (χ1) is 11.6. The van der Waals surface area contributed by atoms with Gasteiger partial charge in [-0.3, -0.25) is 4.99 Å². The molecule has 2 N–H and O–H groups in total. The van der Waals surface area contributed by atoms with Gasteiger partial charge in [-0.05, 0) is 37.0 Å². The van der Waals surface area contributed by atoms with E-state index in [2.05, 4.69) is 39.7 Å². The van der Waals surface area contributed by atoms with Crippen molar-refractivity contribution < 1.29 is 0 Å². The van der Waals surface area contributed by atoms with E-state index in [0.29, 0.717) is 6.54 Å². The zero-order chi connectivity index (χ0) is 17.0. The van der Waals surface area contributed by atoms with E-state index in [1.54, 1.807) is 18.4 Å². The molecule has 4 nitrogen and oxygen atoms in total. The Morgan fingerprint density at radius 1 is 1.29 bits per heavy atom. The van der Waals surface area contributed by atoms with E-state index < -0.39 is 0 Å². The van der Waals surface area contributed by atoms with Crippen LogP contribution < -0.4 is 10.6 Å². The van der Waals surface area contributed by atoms with Gasteiger partial charge in [-0.2, -0.15) is 0 Å². The predicted molar refractivity (Wildman–Crippen MR) is 102 cm³/mol. The summed E-state index contributed by atoms with van der Waals surface area (Å²) >= 11 is 7.74. The normalized spacial score (nSPS) is 16.0. The van der Waals surface area contributed by atoms with Crippen molar-refractivity contribution in [1.82, 2.24) is 15.6 Å². The molecule has 0 radical (unpaired) electrons. The van der Waals surface area contributed by atoms with Gasteiger partial charge in [0.2, 0.25) is 0 Å². The Hall–Kier alpha value is -1.59. The first-order valence-corrected chi connectivity index (χ1v) is 9.49. The summed E-state index contributed by atoms with van der Waals surface area (Å²) in [5.41, 5.74) is 1.57. The number of aliphatic imine (C=N–C) groups is 1. The summed E-state index contributed by atoms with van der Waals surface area (Å²) in [7, 11) is 1.80. The minimum absolute atomic E-state index is 0.221. The Labute approximate surface area is 152 Å². The zero-order valence-electron chi connectivity index (χ0n) is 14.1. The van der Waals surface area contributed by atoms with E-state index in [4.69, 9.17) is 11.6 Å². The van der Waals surface area contributed by atoms with Crippen LogP contribution >= 0.6 is 22.9 Å². The van der Waals surface area contributed by atoms with Gasteiger partial charge in [0.25, 0.3) is 0 Å². The van der Waals surface area contributed by atoms with E-state index in [0.717, 1.165) is 29.0 Å². The molecule has 1 fully saturated rings. The number of aryl methyl sites for hydroxylation is 1. The standard InChI is InChI=1S/C18H23ClN4S/c1-3-15-10-21-16(24-15)11-22-17(20-2)23-12-18(8-9-18)13-4-6-14(19)7-5-13/h4-7,10H,3,8-9,11-12H2,1-2H3,(H2,20,22,23). The highest BCUT2D eigenvalue weighted by Crippen LogP contribution is 2.47. The fourth-order valence-electron chi connectivity index (χ4n) is 2.75. The number of guanidine groups is 1. The molecule has 0 atom stereocenters. The SMILES string of the molecule is CCc1cnc(CNC(=NC)NCC2(c3ccc(Cl)cc3)CC2)s1. The van der Waals surface area contributed by atoms with E-state index >= 15 is 0 Å². The summed E-state index contributed by atoms with van der Waals surface area (Å²) in [6.07, 6.45) is 5.39. The number of halogens is 1. The van der Waals surface area contributed by atoms with Crippen LogP contribution in [0.4, 0.5) is 0 Å². The number of nitrogens with zero attached hydrogens (tertiary/aromatic N) is 2. The highest BCUT2D eigenvalue weighted by atomic mass is 35.5. The van der Waals surface area contributed by atoms with Crippen LogP contribution in [0, 0.1) is 0 Å². The summed E-state index contributed by atoms with van der Waals surface area (Å²) in [5.74, 6) is 0.823. The Bertz CT molecular complexity index is 704. The average Bonchev–Trinajstić information content (AvgIpc) is 3.25. The van der Waals surface area contributed by atoms with Crippen LogP contribution in [0.5, 0.6) is 0 Å². The fourth-order valence-corrected chi connectivity index (χ4v) is 3.68. The fraction of sp³-hybridized carbons (Fsp3) is 0.444. The Morgan fingerprint density at radius 2 is 2.04 bits per heavy atom. The molecule has 0 amide bonds. The molecule has 24 heavy (non-hydrogen) atoms. The molecule has 3 rings (SSSR count). The highest BCUT2D eigenvalue weighted by molar-refractivity contribution is 7.11. The number of hydrogen-bond donors (Lipinski definition) is 2. The number of hydrogen-bond acceptors (Lipinski definition) is 3. The zero-order valence-corrected chi connectivity index (χ0v) is 15.7. The number of rotatable bonds is 6. The van der Waals surface area contributed by atoms with Crippen LogP contribution in [0.15, 0.2) is 35.5 Å². The van der Waals surface area contributed by atoms with Gasteiger partial charge in [0.1, 0.15) is 5.01 Å². The third kappa shape index (κ3) is 4.08. The maximum absolute atomic E-state index is 5.99. The number of aromatic nitrogens is 1. The van der Waals surface area contributed by atoms with Gasteiger partial charge in [-0.25, -0.2) is 4.98 Å². The van der Waals surface area contributed by atoms with Crippen LogP contribution in [-0.4, -0.2) is 24.5 Å². The monoisotopic (exact) mass is 362 g/mol. The van der Waals surface area contributed by atoms with Gasteiger partial charge < -0.3 is 10.6 Å². The summed E-state index contributed by atoms with van der Waals surface area (Å²) in [5, 5.41) is 8.69. The largest absolute Gasteiger partial charge is 0.356 e. The minimum atomic E-state index is 0.221. The third-order valence-electron chi connectivity index (χ3n) is 4.48. The van der Waals surface area contributed by atoms with Crippen LogP contribution in [0.3, 0.4) is 0 Å². The molecule has 1 saturated carbocycles. The predicted octanol–water partition coefficient (Wildman–Crippen LogP) is 3.76. The van der Waals surface area contributed by atoms with Crippen LogP contribution in [0.1, 0.15) is 35.2 Å². The van der Waals surface area contributed by atoms with Crippen molar-refractivity contribution in [1.29, 1.82) is 0 Å². The van der Waals surface area contributed by atoms with Crippen LogP contribution in [0.25, 0.3) is 0 Å². The molecule has 1 heterocycles. The Balaban J connectivity index is 1.53. The lowest BCUT2D eigenvalue weighted by Gasteiger charge is -2.19. The summed E-state index contributed by atoms with van der Waals surface area (Å²) < 4.78 is 0. The molecule has 6 heteroatoms. The van der Waals surface area contributed by atoms with E-state index in [1.807, 2.05) is 18.3 Å². The van der Waals surface area contributed by atoms with Gasteiger partial charge in [0.15, 0.2) is 5.96 Å². The second kappa shape index (κ2) is 7.53. The first kappa shape index (κ1) is 17.2. The first-order valence-electron chi connectivity index (χ1n) is 8.29. The molecular weight excluding hydrogens is 340 g/mol. The van der Waals surface area contributed by atoms with Crippen molar-refractivity contribution >= 4 is 28.9 Å². The van der Waals surface area contributed by atoms with Gasteiger partial charge in [0, 0.05) is 35.1 Å². The number of thiazole rings is 1. The molecule has 0 aliphatic heterocycles. The van der Waals surface area contributed by atoms with E-state index in [-0.39, 0.29) is 5.41 Å². The van der Waals surface area contributed by atoms with Crippen molar-refractivity contribution in [3.63, 3.8) is 0 Å². The van der Waals surface area contributed by atoms with Gasteiger partial charge in [0.05, 0.1) is 6.54 Å². The maximum atomic E-state index is 5.99. The van der Waals surface area contributed by atoms with Crippen molar-refractivity contribution in [3.05, 3.63) is 50.9 Å². The lowest BCUT2D eigenvalue weighted by molar-refractivity contribution is 0.645.